The smallest absolute Gasteiger partial charge is 0.293 e. The molecule has 0 aliphatic rings. The maximum atomic E-state index is 13.2. The average molecular weight is 489 g/mol. The van der Waals surface area contributed by atoms with Crippen LogP contribution in [0.2, 0.25) is 5.02 Å². The van der Waals surface area contributed by atoms with Crippen LogP contribution in [0.25, 0.3) is 11.0 Å². The van der Waals surface area contributed by atoms with Gasteiger partial charge in [-0.15, -0.1) is 11.3 Å². The topological polar surface area (TPSA) is 64.4 Å². The molecule has 0 aliphatic heterocycles. The summed E-state index contributed by atoms with van der Waals surface area (Å²) in [6.07, 6.45) is 2.55. The van der Waals surface area contributed by atoms with E-state index in [-0.39, 0.29) is 18.3 Å². The zero-order chi connectivity index (χ0) is 23.5. The van der Waals surface area contributed by atoms with Gasteiger partial charge in [0, 0.05) is 33.5 Å². The molecule has 1 amide bonds. The lowest BCUT2D eigenvalue weighted by molar-refractivity contribution is 0.0995. The van der Waals surface area contributed by atoms with Crippen molar-refractivity contribution in [2.75, 3.05) is 5.32 Å². The van der Waals surface area contributed by atoms with Crippen molar-refractivity contribution >= 4 is 44.9 Å². The highest BCUT2D eigenvalue weighted by molar-refractivity contribution is 7.15. The van der Waals surface area contributed by atoms with E-state index in [4.69, 9.17) is 20.8 Å². The largest absolute Gasteiger partial charge is 0.489 e. The molecule has 7 heteroatoms. The molecule has 5 aromatic rings. The van der Waals surface area contributed by atoms with E-state index in [0.29, 0.717) is 27.1 Å². The number of nitrogens with one attached hydrogen (secondary N) is 1. The molecular formula is C27H21ClN2O3S. The molecule has 1 N–H and O–H groups in total. The van der Waals surface area contributed by atoms with Crippen LogP contribution in [0.5, 0.6) is 5.75 Å². The van der Waals surface area contributed by atoms with E-state index in [9.17, 15) is 4.79 Å². The van der Waals surface area contributed by atoms with E-state index in [0.717, 1.165) is 16.7 Å². The van der Waals surface area contributed by atoms with Gasteiger partial charge in [-0.25, -0.2) is 4.98 Å². The van der Waals surface area contributed by atoms with Gasteiger partial charge in [-0.2, -0.15) is 0 Å². The van der Waals surface area contributed by atoms with E-state index in [1.165, 1.54) is 22.5 Å². The van der Waals surface area contributed by atoms with Crippen LogP contribution in [0, 0.1) is 6.92 Å². The molecule has 5 nitrogen and oxygen atoms in total. The van der Waals surface area contributed by atoms with Crippen molar-refractivity contribution in [2.45, 2.75) is 20.0 Å². The second-order valence-electron chi connectivity index (χ2n) is 7.90. The van der Waals surface area contributed by atoms with Crippen LogP contribution in [0.3, 0.4) is 0 Å². The van der Waals surface area contributed by atoms with E-state index < -0.39 is 0 Å². The fourth-order valence-corrected chi connectivity index (χ4v) is 4.67. The Labute approximate surface area is 206 Å². The SMILES string of the molecule is Cc1ccc(Cc2cnc(NC(=O)c3oc4ccccc4c3COc3cccc(Cl)c3)s2)cc1. The number of ether oxygens (including phenoxy) is 1. The standard InChI is InChI=1S/C27H21ClN2O3S/c1-17-9-11-18(12-10-17)13-21-15-29-27(34-21)30-26(31)25-23(22-7-2-3-8-24(22)33-25)16-32-20-6-4-5-19(28)14-20/h2-12,14-15H,13,16H2,1H3,(H,29,30,31). The maximum Gasteiger partial charge on any atom is 0.293 e. The molecule has 0 atom stereocenters. The monoisotopic (exact) mass is 488 g/mol. The highest BCUT2D eigenvalue weighted by Crippen LogP contribution is 2.29. The Morgan fingerprint density at radius 2 is 1.91 bits per heavy atom. The summed E-state index contributed by atoms with van der Waals surface area (Å²) in [6, 6.07) is 23.1. The number of benzene rings is 3. The normalized spacial score (nSPS) is 11.0. The molecule has 0 aliphatic carbocycles. The second kappa shape index (κ2) is 9.71. The molecule has 2 heterocycles. The first-order valence-electron chi connectivity index (χ1n) is 10.8. The average Bonchev–Trinajstić information content (AvgIpc) is 3.43. The first-order valence-corrected chi connectivity index (χ1v) is 11.9. The maximum absolute atomic E-state index is 13.2. The van der Waals surface area contributed by atoms with E-state index in [1.54, 1.807) is 18.3 Å². The number of hydrogen-bond donors (Lipinski definition) is 1. The minimum Gasteiger partial charge on any atom is -0.489 e. The number of halogens is 1. The number of thiazole rings is 1. The van der Waals surface area contributed by atoms with Crippen LogP contribution >= 0.6 is 22.9 Å². The van der Waals surface area contributed by atoms with Gasteiger partial charge < -0.3 is 9.15 Å². The highest BCUT2D eigenvalue weighted by Gasteiger charge is 2.22. The van der Waals surface area contributed by atoms with Crippen LogP contribution in [-0.4, -0.2) is 10.9 Å². The van der Waals surface area contributed by atoms with Gasteiger partial charge >= 0.3 is 0 Å². The molecule has 0 bridgehead atoms. The Balaban J connectivity index is 1.35. The van der Waals surface area contributed by atoms with E-state index >= 15 is 0 Å². The fourth-order valence-electron chi connectivity index (χ4n) is 3.65. The molecule has 170 valence electrons. The molecule has 0 saturated heterocycles. The summed E-state index contributed by atoms with van der Waals surface area (Å²) in [5, 5.41) is 4.81. The Kier molecular flexibility index (Phi) is 6.34. The van der Waals surface area contributed by atoms with Gasteiger partial charge in [-0.1, -0.05) is 65.7 Å². The first kappa shape index (κ1) is 22.2. The number of rotatable bonds is 7. The summed E-state index contributed by atoms with van der Waals surface area (Å²) in [5.41, 5.74) is 3.72. The number of furan rings is 1. The van der Waals surface area contributed by atoms with Crippen LogP contribution in [0.15, 0.2) is 83.4 Å². The summed E-state index contributed by atoms with van der Waals surface area (Å²) >= 11 is 7.51. The molecule has 34 heavy (non-hydrogen) atoms. The van der Waals surface area contributed by atoms with Crippen LogP contribution in [0.1, 0.15) is 32.1 Å². The summed E-state index contributed by atoms with van der Waals surface area (Å²) in [7, 11) is 0. The van der Waals surface area contributed by atoms with Crippen LogP contribution in [-0.2, 0) is 13.0 Å². The number of carbonyl (C=O) groups is 1. The predicted octanol–water partition coefficient (Wildman–Crippen LogP) is 7.27. The number of carbonyl (C=O) groups excluding carboxylic acids is 1. The number of amides is 1. The minimum absolute atomic E-state index is 0.163. The van der Waals surface area contributed by atoms with Crippen molar-refractivity contribution in [1.82, 2.24) is 4.98 Å². The molecule has 0 spiro atoms. The highest BCUT2D eigenvalue weighted by atomic mass is 35.5. The van der Waals surface area contributed by atoms with Gasteiger partial charge in [0.15, 0.2) is 10.9 Å². The minimum atomic E-state index is -0.364. The molecule has 0 saturated carbocycles. The Morgan fingerprint density at radius 3 is 2.74 bits per heavy atom. The summed E-state index contributed by atoms with van der Waals surface area (Å²) in [6.45, 7) is 2.23. The van der Waals surface area contributed by atoms with Gasteiger partial charge in [0.2, 0.25) is 0 Å². The van der Waals surface area contributed by atoms with Crippen molar-refractivity contribution in [3.8, 4) is 5.75 Å². The number of aryl methyl sites for hydroxylation is 1. The van der Waals surface area contributed by atoms with Crippen LogP contribution in [0.4, 0.5) is 5.13 Å². The van der Waals surface area contributed by atoms with Gasteiger partial charge in [0.05, 0.1) is 0 Å². The number of hydrogen-bond acceptors (Lipinski definition) is 5. The van der Waals surface area contributed by atoms with Gasteiger partial charge in [-0.05, 0) is 36.8 Å². The quantitative estimate of drug-likeness (QED) is 0.261. The molecule has 0 radical (unpaired) electrons. The fraction of sp³-hybridized carbons (Fsp3) is 0.111. The lowest BCUT2D eigenvalue weighted by atomic mass is 10.1. The van der Waals surface area contributed by atoms with Crippen molar-refractivity contribution in [3.63, 3.8) is 0 Å². The molecule has 0 fully saturated rings. The number of fused-ring (bicyclic) bond motifs is 1. The predicted molar refractivity (Wildman–Crippen MR) is 136 cm³/mol. The zero-order valence-corrected chi connectivity index (χ0v) is 20.0. The van der Waals surface area contributed by atoms with Gasteiger partial charge in [0.1, 0.15) is 17.9 Å². The Morgan fingerprint density at radius 1 is 1.09 bits per heavy atom. The summed E-state index contributed by atoms with van der Waals surface area (Å²) in [5.74, 6) is 0.459. The summed E-state index contributed by atoms with van der Waals surface area (Å²) in [4.78, 5) is 18.6. The number of para-hydroxylation sites is 1. The molecule has 3 aromatic carbocycles. The van der Waals surface area contributed by atoms with Gasteiger partial charge in [0.25, 0.3) is 5.91 Å². The number of anilines is 1. The number of nitrogens with zero attached hydrogens (tertiary/aromatic N) is 1. The van der Waals surface area contributed by atoms with Crippen molar-refractivity contribution < 1.29 is 13.9 Å². The number of aromatic nitrogens is 1. The first-order chi connectivity index (χ1) is 16.5. The lowest BCUT2D eigenvalue weighted by Crippen LogP contribution is -2.13. The molecular weight excluding hydrogens is 468 g/mol. The molecule has 2 aromatic heterocycles. The van der Waals surface area contributed by atoms with Gasteiger partial charge in [-0.3, -0.25) is 10.1 Å². The molecule has 5 rings (SSSR count). The summed E-state index contributed by atoms with van der Waals surface area (Å²) < 4.78 is 11.8. The van der Waals surface area contributed by atoms with Crippen molar-refractivity contribution in [3.05, 3.63) is 111 Å². The zero-order valence-electron chi connectivity index (χ0n) is 18.4. The Bertz CT molecular complexity index is 1460. The molecule has 0 unspecified atom stereocenters. The third kappa shape index (κ3) is 4.98. The Hall–Kier alpha value is -3.61. The van der Waals surface area contributed by atoms with Crippen molar-refractivity contribution in [2.24, 2.45) is 0 Å². The third-order valence-corrected chi connectivity index (χ3v) is 6.50. The van der Waals surface area contributed by atoms with E-state index in [1.807, 2.05) is 36.4 Å². The lowest BCUT2D eigenvalue weighted by Gasteiger charge is -2.07. The second-order valence-corrected chi connectivity index (χ2v) is 9.45. The van der Waals surface area contributed by atoms with Crippen molar-refractivity contribution in [1.29, 1.82) is 0 Å². The van der Waals surface area contributed by atoms with E-state index in [2.05, 4.69) is 41.5 Å². The third-order valence-electron chi connectivity index (χ3n) is 5.36. The van der Waals surface area contributed by atoms with Crippen LogP contribution < -0.4 is 10.1 Å².